The molecular weight excluding hydrogens is 374 g/mol. The second kappa shape index (κ2) is 9.54. The highest BCUT2D eigenvalue weighted by atomic mass is 35.5. The van der Waals surface area contributed by atoms with Gasteiger partial charge in [-0.15, -0.1) is 0 Å². The smallest absolute Gasteiger partial charge is 0.231 e. The molecule has 3 rings (SSSR count). The summed E-state index contributed by atoms with van der Waals surface area (Å²) in [7, 11) is 3.15. The first-order valence-corrected chi connectivity index (χ1v) is 8.88. The van der Waals surface area contributed by atoms with Gasteiger partial charge >= 0.3 is 0 Å². The molecule has 0 saturated carbocycles. The lowest BCUT2D eigenvalue weighted by Gasteiger charge is -2.26. The van der Waals surface area contributed by atoms with E-state index < -0.39 is 0 Å². The number of methoxy groups -OCH3 is 2. The monoisotopic (exact) mass is 395 g/mol. The van der Waals surface area contributed by atoms with Gasteiger partial charge in [0.2, 0.25) is 17.0 Å². The van der Waals surface area contributed by atoms with E-state index in [1.807, 2.05) is 0 Å². The van der Waals surface area contributed by atoms with Crippen LogP contribution in [0.1, 0.15) is 0 Å². The van der Waals surface area contributed by atoms with Crippen LogP contribution in [0.3, 0.4) is 0 Å². The highest BCUT2D eigenvalue weighted by Crippen LogP contribution is 2.43. The van der Waals surface area contributed by atoms with Gasteiger partial charge in [0.05, 0.1) is 33.1 Å². The van der Waals surface area contributed by atoms with Crippen LogP contribution in [-0.4, -0.2) is 73.5 Å². The van der Waals surface area contributed by atoms with Crippen molar-refractivity contribution in [2.24, 2.45) is 0 Å². The number of ether oxygens (including phenoxy) is 4. The van der Waals surface area contributed by atoms with Crippen molar-refractivity contribution in [2.45, 2.75) is 0 Å². The fourth-order valence-corrected chi connectivity index (χ4v) is 2.83. The molecule has 9 nitrogen and oxygen atoms in total. The highest BCUT2D eigenvalue weighted by molar-refractivity contribution is 6.28. The Labute approximate surface area is 162 Å². The summed E-state index contributed by atoms with van der Waals surface area (Å²) in [4.78, 5) is 14.1. The largest absolute Gasteiger partial charge is 0.493 e. The molecule has 1 saturated heterocycles. The molecule has 146 valence electrons. The van der Waals surface area contributed by atoms with E-state index in [1.165, 1.54) is 6.33 Å². The second-order valence-corrected chi connectivity index (χ2v) is 6.02. The summed E-state index contributed by atoms with van der Waals surface area (Å²) in [6.07, 6.45) is 1.33. The van der Waals surface area contributed by atoms with Gasteiger partial charge in [0.25, 0.3) is 0 Å². The molecule has 0 atom stereocenters. The van der Waals surface area contributed by atoms with Crippen LogP contribution in [0.15, 0.2) is 18.5 Å². The third-order valence-corrected chi connectivity index (χ3v) is 4.23. The van der Waals surface area contributed by atoms with Gasteiger partial charge in [-0.25, -0.2) is 9.97 Å². The molecule has 1 fully saturated rings. The summed E-state index contributed by atoms with van der Waals surface area (Å²) >= 11 is 5.81. The van der Waals surface area contributed by atoms with Crippen LogP contribution in [0, 0.1) is 0 Å². The van der Waals surface area contributed by atoms with E-state index in [0.29, 0.717) is 35.5 Å². The molecule has 0 amide bonds. The van der Waals surface area contributed by atoms with Gasteiger partial charge in [0.15, 0.2) is 11.5 Å². The fourth-order valence-electron chi connectivity index (χ4n) is 2.70. The number of aromatic nitrogens is 3. The summed E-state index contributed by atoms with van der Waals surface area (Å²) in [5, 5.41) is 3.16. The molecule has 1 aromatic carbocycles. The first kappa shape index (κ1) is 19.4. The Balaban J connectivity index is 1.76. The van der Waals surface area contributed by atoms with Gasteiger partial charge in [-0.05, 0) is 23.7 Å². The Morgan fingerprint density at radius 1 is 1.15 bits per heavy atom. The summed E-state index contributed by atoms with van der Waals surface area (Å²) < 4.78 is 22.3. The SMILES string of the molecule is COc1ccc(Nc2ncnc(Cl)n2)c(OC)c1OCCN1CCOCC1. The molecule has 2 aromatic rings. The molecular formula is C17H22ClN5O4. The van der Waals surface area contributed by atoms with Crippen LogP contribution in [-0.2, 0) is 4.74 Å². The van der Waals surface area contributed by atoms with Crippen molar-refractivity contribution in [3.05, 3.63) is 23.7 Å². The summed E-state index contributed by atoms with van der Waals surface area (Å²) in [6, 6.07) is 3.59. The van der Waals surface area contributed by atoms with E-state index in [9.17, 15) is 0 Å². The normalized spacial score (nSPS) is 14.6. The third kappa shape index (κ3) is 5.09. The molecule has 1 aliphatic rings. The van der Waals surface area contributed by atoms with E-state index in [0.717, 1.165) is 32.8 Å². The van der Waals surface area contributed by atoms with Crippen LogP contribution in [0.5, 0.6) is 17.2 Å². The maximum Gasteiger partial charge on any atom is 0.231 e. The summed E-state index contributed by atoms with van der Waals surface area (Å²) in [5.41, 5.74) is 0.627. The van der Waals surface area contributed by atoms with Gasteiger partial charge in [0, 0.05) is 19.6 Å². The van der Waals surface area contributed by atoms with Gasteiger partial charge in [0.1, 0.15) is 12.9 Å². The molecule has 10 heteroatoms. The van der Waals surface area contributed by atoms with Crippen molar-refractivity contribution >= 4 is 23.2 Å². The molecule has 0 radical (unpaired) electrons. The minimum absolute atomic E-state index is 0.0990. The molecule has 0 aliphatic carbocycles. The predicted octanol–water partition coefficient (Wildman–Crippen LogP) is 2.00. The standard InChI is InChI=1S/C17H22ClN5O4/c1-24-13-4-3-12(21-17-20-11-19-16(18)22-17)14(25-2)15(13)27-10-7-23-5-8-26-9-6-23/h3-4,11H,5-10H2,1-2H3,(H,19,20,21,22). The fraction of sp³-hybridized carbons (Fsp3) is 0.471. The number of rotatable bonds is 8. The molecule has 1 aromatic heterocycles. The molecule has 1 N–H and O–H groups in total. The Morgan fingerprint density at radius 2 is 1.96 bits per heavy atom. The van der Waals surface area contributed by atoms with Gasteiger partial charge in [-0.2, -0.15) is 4.98 Å². The van der Waals surface area contributed by atoms with Crippen molar-refractivity contribution in [3.8, 4) is 17.2 Å². The second-order valence-electron chi connectivity index (χ2n) is 5.68. The molecule has 0 unspecified atom stereocenters. The van der Waals surface area contributed by atoms with E-state index in [-0.39, 0.29) is 5.28 Å². The molecule has 27 heavy (non-hydrogen) atoms. The Kier molecular flexibility index (Phi) is 6.86. The lowest BCUT2D eigenvalue weighted by molar-refractivity contribution is 0.0319. The quantitative estimate of drug-likeness (QED) is 0.720. The Hall–Kier alpha value is -2.36. The lowest BCUT2D eigenvalue weighted by atomic mass is 10.2. The first-order valence-electron chi connectivity index (χ1n) is 8.50. The van der Waals surface area contributed by atoms with Crippen molar-refractivity contribution < 1.29 is 18.9 Å². The molecule has 0 bridgehead atoms. The van der Waals surface area contributed by atoms with Crippen molar-refractivity contribution in [2.75, 3.05) is 59.0 Å². The van der Waals surface area contributed by atoms with Crippen LogP contribution in [0.25, 0.3) is 0 Å². The molecule has 0 spiro atoms. The molecule has 2 heterocycles. The van der Waals surface area contributed by atoms with E-state index >= 15 is 0 Å². The Morgan fingerprint density at radius 3 is 2.67 bits per heavy atom. The third-order valence-electron chi connectivity index (χ3n) is 4.05. The van der Waals surface area contributed by atoms with Crippen LogP contribution >= 0.6 is 11.6 Å². The lowest BCUT2D eigenvalue weighted by Crippen LogP contribution is -2.38. The average molecular weight is 396 g/mol. The van der Waals surface area contributed by atoms with E-state index in [2.05, 4.69) is 25.2 Å². The minimum atomic E-state index is 0.0990. The van der Waals surface area contributed by atoms with Gasteiger partial charge < -0.3 is 24.3 Å². The van der Waals surface area contributed by atoms with Crippen LogP contribution < -0.4 is 19.5 Å². The number of hydrogen-bond donors (Lipinski definition) is 1. The van der Waals surface area contributed by atoms with Crippen molar-refractivity contribution in [1.29, 1.82) is 0 Å². The van der Waals surface area contributed by atoms with E-state index in [4.69, 9.17) is 30.5 Å². The van der Waals surface area contributed by atoms with Crippen molar-refractivity contribution in [1.82, 2.24) is 19.9 Å². The summed E-state index contributed by atoms with van der Waals surface area (Å²) in [5.74, 6) is 1.89. The number of nitrogens with zero attached hydrogens (tertiary/aromatic N) is 4. The zero-order chi connectivity index (χ0) is 19.1. The highest BCUT2D eigenvalue weighted by Gasteiger charge is 2.18. The maximum absolute atomic E-state index is 6.00. The number of halogens is 1. The van der Waals surface area contributed by atoms with Crippen LogP contribution in [0.2, 0.25) is 5.28 Å². The molecule has 1 aliphatic heterocycles. The maximum atomic E-state index is 6.00. The number of hydrogen-bond acceptors (Lipinski definition) is 9. The zero-order valence-electron chi connectivity index (χ0n) is 15.3. The topological polar surface area (TPSA) is 90.9 Å². The van der Waals surface area contributed by atoms with E-state index in [1.54, 1.807) is 26.4 Å². The van der Waals surface area contributed by atoms with Crippen molar-refractivity contribution in [3.63, 3.8) is 0 Å². The van der Waals surface area contributed by atoms with Gasteiger partial charge in [-0.3, -0.25) is 4.90 Å². The predicted molar refractivity (Wildman–Crippen MR) is 100 cm³/mol. The number of anilines is 2. The van der Waals surface area contributed by atoms with Gasteiger partial charge in [-0.1, -0.05) is 0 Å². The Bertz CT molecular complexity index is 758. The number of benzene rings is 1. The first-order chi connectivity index (χ1) is 13.2. The number of nitrogens with one attached hydrogen (secondary N) is 1. The number of morpholine rings is 1. The van der Waals surface area contributed by atoms with Crippen LogP contribution in [0.4, 0.5) is 11.6 Å². The zero-order valence-corrected chi connectivity index (χ0v) is 16.0. The summed E-state index contributed by atoms with van der Waals surface area (Å²) in [6.45, 7) is 4.59. The average Bonchev–Trinajstić information content (AvgIpc) is 2.69. The minimum Gasteiger partial charge on any atom is -0.493 e.